The van der Waals surface area contributed by atoms with Crippen molar-refractivity contribution in [2.45, 2.75) is 0 Å². The van der Waals surface area contributed by atoms with Crippen molar-refractivity contribution >= 4 is 67.1 Å². The van der Waals surface area contributed by atoms with Crippen molar-refractivity contribution in [3.8, 4) is 0 Å². The van der Waals surface area contributed by atoms with Crippen LogP contribution in [0.4, 0.5) is 0 Å². The molecule has 0 bridgehead atoms. The van der Waals surface area contributed by atoms with Crippen molar-refractivity contribution in [2.24, 2.45) is 0 Å². The predicted molar refractivity (Wildman–Crippen MR) is 33.2 cm³/mol. The standard InChI is InChI=1S/Ba.H3O7PS.2H/c;1-8(2,3)7-9(4,5)6;;/h;(H2,1,2,3)(H,4,5,6);;. The van der Waals surface area contributed by atoms with Crippen LogP contribution < -0.4 is 0 Å². The van der Waals surface area contributed by atoms with E-state index in [1.54, 1.807) is 0 Å². The fourth-order valence-electron chi connectivity index (χ4n) is 0.123. The zero-order valence-electron chi connectivity index (χ0n) is 3.83. The molecular formula is H5BaO7PS. The summed E-state index contributed by atoms with van der Waals surface area (Å²) >= 11 is 0. The van der Waals surface area contributed by atoms with Crippen LogP contribution in [0.15, 0.2) is 0 Å². The number of phosphoric acid groups is 1. The Morgan fingerprint density at radius 2 is 1.60 bits per heavy atom. The minimum atomic E-state index is -5.13. The number of rotatable bonds is 2. The fourth-order valence-corrected chi connectivity index (χ4v) is 1.10. The zero-order chi connectivity index (χ0) is 7.71. The summed E-state index contributed by atoms with van der Waals surface area (Å²) in [6, 6.07) is 0. The summed E-state index contributed by atoms with van der Waals surface area (Å²) in [5.74, 6) is 0. The van der Waals surface area contributed by atoms with Crippen molar-refractivity contribution < 1.29 is 31.3 Å². The molecule has 3 N–H and O–H groups in total. The first-order valence-electron chi connectivity index (χ1n) is 1.45. The molecule has 0 rings (SSSR count). The van der Waals surface area contributed by atoms with E-state index < -0.39 is 18.2 Å². The molecule has 0 atom stereocenters. The van der Waals surface area contributed by atoms with E-state index in [1.165, 1.54) is 0 Å². The summed E-state index contributed by atoms with van der Waals surface area (Å²) < 4.78 is 39.0. The van der Waals surface area contributed by atoms with E-state index in [0.29, 0.717) is 0 Å². The average molecular weight is 317 g/mol. The van der Waals surface area contributed by atoms with E-state index in [1.807, 2.05) is 0 Å². The first kappa shape index (κ1) is 14.1. The van der Waals surface area contributed by atoms with Gasteiger partial charge in [-0.2, -0.15) is 8.42 Å². The summed E-state index contributed by atoms with van der Waals surface area (Å²) in [5.41, 5.74) is 0. The molecule has 0 radical (unpaired) electrons. The molecule has 0 spiro atoms. The third kappa shape index (κ3) is 12.3. The summed E-state index contributed by atoms with van der Waals surface area (Å²) in [6.45, 7) is 0. The minimum absolute atomic E-state index is 0. The van der Waals surface area contributed by atoms with Crippen molar-refractivity contribution in [1.82, 2.24) is 0 Å². The summed E-state index contributed by atoms with van der Waals surface area (Å²) in [7, 11) is -10.2. The molecule has 0 fully saturated rings. The van der Waals surface area contributed by atoms with Gasteiger partial charge in [0, 0.05) is 0 Å². The zero-order valence-corrected chi connectivity index (χ0v) is 5.54. The van der Waals surface area contributed by atoms with Crippen LogP contribution in [0, 0.1) is 0 Å². The molecule has 0 heterocycles. The molecule has 0 saturated heterocycles. The quantitative estimate of drug-likeness (QED) is 0.305. The molecular weight excluding hydrogens is 312 g/mol. The molecule has 0 unspecified atom stereocenters. The van der Waals surface area contributed by atoms with Gasteiger partial charge in [-0.05, 0) is 0 Å². The molecule has 0 amide bonds. The van der Waals surface area contributed by atoms with Gasteiger partial charge in [0.05, 0.1) is 0 Å². The van der Waals surface area contributed by atoms with E-state index in [4.69, 9.17) is 14.3 Å². The third-order valence-corrected chi connectivity index (χ3v) is 1.72. The van der Waals surface area contributed by atoms with Gasteiger partial charge in [0.25, 0.3) is 0 Å². The Hall–Kier alpha value is 1.59. The van der Waals surface area contributed by atoms with Gasteiger partial charge in [-0.3, -0.25) is 4.55 Å². The van der Waals surface area contributed by atoms with Crippen molar-refractivity contribution in [2.75, 3.05) is 0 Å². The van der Waals surface area contributed by atoms with Crippen LogP contribution in [0.5, 0.6) is 0 Å². The topological polar surface area (TPSA) is 121 Å². The van der Waals surface area contributed by atoms with Crippen LogP contribution >= 0.6 is 7.82 Å². The Labute approximate surface area is 97.0 Å². The third-order valence-electron chi connectivity index (χ3n) is 0.191. The molecule has 10 heavy (non-hydrogen) atoms. The van der Waals surface area contributed by atoms with Gasteiger partial charge in [-0.15, -0.1) is 3.97 Å². The van der Waals surface area contributed by atoms with Crippen molar-refractivity contribution in [3.63, 3.8) is 0 Å². The molecule has 0 aliphatic rings. The molecule has 0 aliphatic heterocycles. The normalized spacial score (nSPS) is 12.3. The van der Waals surface area contributed by atoms with E-state index in [9.17, 15) is 13.0 Å². The number of hydrogen-bond donors (Lipinski definition) is 3. The Morgan fingerprint density at radius 3 is 1.60 bits per heavy atom. The van der Waals surface area contributed by atoms with Gasteiger partial charge in [0.2, 0.25) is 0 Å². The van der Waals surface area contributed by atoms with Crippen LogP contribution in [-0.2, 0) is 18.9 Å². The second-order valence-electron chi connectivity index (χ2n) is 0.993. The van der Waals surface area contributed by atoms with Gasteiger partial charge >= 0.3 is 67.1 Å². The first-order chi connectivity index (χ1) is 3.71. The molecule has 7 nitrogen and oxygen atoms in total. The molecule has 60 valence electrons. The Balaban J connectivity index is 0. The average Bonchev–Trinajstić information content (AvgIpc) is 1.14. The second-order valence-corrected chi connectivity index (χ2v) is 3.43. The van der Waals surface area contributed by atoms with Crippen LogP contribution in [0.1, 0.15) is 0 Å². The van der Waals surface area contributed by atoms with Crippen molar-refractivity contribution in [1.29, 1.82) is 0 Å². The summed E-state index contributed by atoms with van der Waals surface area (Å²) in [4.78, 5) is 15.4. The van der Waals surface area contributed by atoms with Gasteiger partial charge in [0.15, 0.2) is 0 Å². The molecule has 0 aromatic heterocycles. The van der Waals surface area contributed by atoms with E-state index in [0.717, 1.165) is 0 Å². The Bertz CT molecular complexity index is 220. The maximum absolute atomic E-state index is 9.58. The van der Waals surface area contributed by atoms with Gasteiger partial charge in [-0.25, -0.2) is 4.57 Å². The molecule has 0 aromatic carbocycles. The van der Waals surface area contributed by atoms with Crippen LogP contribution in [0.25, 0.3) is 0 Å². The first-order valence-corrected chi connectivity index (χ1v) is 4.34. The van der Waals surface area contributed by atoms with Crippen LogP contribution in [0.2, 0.25) is 0 Å². The molecule has 0 saturated carbocycles. The van der Waals surface area contributed by atoms with Gasteiger partial charge in [-0.1, -0.05) is 0 Å². The monoisotopic (exact) mass is 318 g/mol. The van der Waals surface area contributed by atoms with E-state index >= 15 is 0 Å². The Kier molecular flexibility index (Phi) is 6.47. The maximum atomic E-state index is 9.58. The molecule has 0 aliphatic carbocycles. The molecule has 10 heteroatoms. The Morgan fingerprint density at radius 1 is 1.30 bits per heavy atom. The SMILES string of the molecule is O=P(O)(O)OS(=O)(=O)O.[BaH2]. The van der Waals surface area contributed by atoms with Gasteiger partial charge < -0.3 is 9.79 Å². The fraction of sp³-hybridized carbons (Fsp3) is 0. The van der Waals surface area contributed by atoms with Crippen molar-refractivity contribution in [3.05, 3.63) is 0 Å². The van der Waals surface area contributed by atoms with E-state index in [2.05, 4.69) is 3.97 Å². The summed E-state index contributed by atoms with van der Waals surface area (Å²) in [6.07, 6.45) is 0. The van der Waals surface area contributed by atoms with Crippen LogP contribution in [0.3, 0.4) is 0 Å². The van der Waals surface area contributed by atoms with Crippen LogP contribution in [-0.4, -0.2) is 71.6 Å². The summed E-state index contributed by atoms with van der Waals surface area (Å²) in [5, 5.41) is 0. The predicted octanol–water partition coefficient (Wildman–Crippen LogP) is -2.02. The van der Waals surface area contributed by atoms with Gasteiger partial charge in [0.1, 0.15) is 0 Å². The molecule has 0 aromatic rings. The second kappa shape index (κ2) is 4.58. The number of hydrogen-bond acceptors (Lipinski definition) is 4. The van der Waals surface area contributed by atoms with E-state index in [-0.39, 0.29) is 48.9 Å².